The van der Waals surface area contributed by atoms with Gasteiger partial charge in [-0.25, -0.2) is 9.59 Å². The monoisotopic (exact) mass is 429 g/mol. The normalized spacial score (nSPS) is 24.5. The van der Waals surface area contributed by atoms with Gasteiger partial charge >= 0.3 is 12.2 Å². The van der Waals surface area contributed by atoms with Crippen LogP contribution in [0.5, 0.6) is 0 Å². The molecule has 0 aromatic heterocycles. The topological polar surface area (TPSA) is 62.3 Å². The number of benzene rings is 1. The summed E-state index contributed by atoms with van der Waals surface area (Å²) >= 11 is 0. The Kier molecular flexibility index (Phi) is 6.42. The smallest absolute Gasteiger partial charge is 0.410 e. The number of piperidine rings is 1. The lowest BCUT2D eigenvalue weighted by molar-refractivity contribution is 0.0108. The van der Waals surface area contributed by atoms with Crippen molar-refractivity contribution in [2.45, 2.75) is 64.3 Å². The lowest BCUT2D eigenvalue weighted by Crippen LogP contribution is -2.51. The molecule has 31 heavy (non-hydrogen) atoms. The zero-order chi connectivity index (χ0) is 22.0. The number of piperazine rings is 1. The van der Waals surface area contributed by atoms with E-state index in [1.54, 1.807) is 0 Å². The molecule has 0 unspecified atom stereocenters. The third kappa shape index (κ3) is 5.50. The van der Waals surface area contributed by atoms with E-state index in [1.807, 2.05) is 60.9 Å². The van der Waals surface area contributed by atoms with Crippen molar-refractivity contribution < 1.29 is 19.1 Å². The number of rotatable bonds is 4. The second-order valence-corrected chi connectivity index (χ2v) is 10.1. The lowest BCUT2D eigenvalue weighted by atomic mass is 9.96. The predicted octanol–water partition coefficient (Wildman–Crippen LogP) is 3.73. The molecule has 3 fully saturated rings. The summed E-state index contributed by atoms with van der Waals surface area (Å²) in [7, 11) is 0. The van der Waals surface area contributed by atoms with E-state index in [4.69, 9.17) is 9.47 Å². The van der Waals surface area contributed by atoms with Gasteiger partial charge in [0.05, 0.1) is 0 Å². The number of carbonyl (C=O) groups is 2. The van der Waals surface area contributed by atoms with Gasteiger partial charge in [-0.15, -0.1) is 0 Å². The fourth-order valence-corrected chi connectivity index (χ4v) is 4.96. The molecule has 2 atom stereocenters. The molecular weight excluding hydrogens is 394 g/mol. The van der Waals surface area contributed by atoms with Gasteiger partial charge in [-0.1, -0.05) is 30.3 Å². The Morgan fingerprint density at radius 2 is 1.71 bits per heavy atom. The van der Waals surface area contributed by atoms with Crippen molar-refractivity contribution in [3.05, 3.63) is 35.9 Å². The summed E-state index contributed by atoms with van der Waals surface area (Å²) in [5.74, 6) is 0.590. The third-order valence-corrected chi connectivity index (χ3v) is 6.55. The second-order valence-electron chi connectivity index (χ2n) is 10.1. The van der Waals surface area contributed by atoms with Crippen molar-refractivity contribution in [3.63, 3.8) is 0 Å². The Labute approximate surface area is 185 Å². The molecule has 3 aliphatic heterocycles. The molecule has 3 aliphatic rings. The minimum absolute atomic E-state index is 0.179. The first-order chi connectivity index (χ1) is 14.8. The van der Waals surface area contributed by atoms with Crippen LogP contribution in [-0.2, 0) is 16.1 Å². The average molecular weight is 430 g/mol. The minimum Gasteiger partial charge on any atom is -0.445 e. The summed E-state index contributed by atoms with van der Waals surface area (Å²) in [4.78, 5) is 31.1. The fraction of sp³-hybridized carbons (Fsp3) is 0.667. The first-order valence-corrected chi connectivity index (χ1v) is 11.5. The molecule has 0 saturated carbocycles. The van der Waals surface area contributed by atoms with Crippen molar-refractivity contribution in [1.29, 1.82) is 0 Å². The van der Waals surface area contributed by atoms with Gasteiger partial charge in [-0.3, -0.25) is 4.90 Å². The molecule has 4 rings (SSSR count). The van der Waals surface area contributed by atoms with E-state index >= 15 is 0 Å². The molecule has 3 heterocycles. The number of carbonyl (C=O) groups excluding carboxylic acids is 2. The number of fused-ring (bicyclic) bond motifs is 2. The van der Waals surface area contributed by atoms with E-state index in [-0.39, 0.29) is 18.2 Å². The Morgan fingerprint density at radius 3 is 2.32 bits per heavy atom. The maximum atomic E-state index is 12.4. The molecule has 1 aromatic rings. The molecule has 0 radical (unpaired) electrons. The van der Waals surface area contributed by atoms with Crippen LogP contribution in [0, 0.1) is 5.92 Å². The molecule has 2 bridgehead atoms. The lowest BCUT2D eigenvalue weighted by Gasteiger charge is -2.38. The number of nitrogens with zero attached hydrogens (tertiary/aromatic N) is 3. The number of hydrogen-bond acceptors (Lipinski definition) is 5. The molecular formula is C24H35N3O4. The SMILES string of the molecule is CC(C)(C)OC(=O)N1C[C@@H]2C[C@H]1CN2CC1CCN(C(=O)OCc2ccccc2)CC1. The molecule has 7 heteroatoms. The number of ether oxygens (including phenoxy) is 2. The molecule has 7 nitrogen and oxygen atoms in total. The van der Waals surface area contributed by atoms with Gasteiger partial charge < -0.3 is 19.3 Å². The van der Waals surface area contributed by atoms with E-state index in [0.29, 0.717) is 18.6 Å². The molecule has 1 aromatic carbocycles. The third-order valence-electron chi connectivity index (χ3n) is 6.55. The van der Waals surface area contributed by atoms with Crippen LogP contribution in [0.1, 0.15) is 45.6 Å². The van der Waals surface area contributed by atoms with Gasteiger partial charge in [0.25, 0.3) is 0 Å². The van der Waals surface area contributed by atoms with E-state index in [9.17, 15) is 9.59 Å². The number of likely N-dealkylation sites (tertiary alicyclic amines) is 3. The summed E-state index contributed by atoms with van der Waals surface area (Å²) in [6, 6.07) is 10.5. The molecule has 0 spiro atoms. The summed E-state index contributed by atoms with van der Waals surface area (Å²) in [6.07, 6.45) is 2.66. The first-order valence-electron chi connectivity index (χ1n) is 11.5. The highest BCUT2D eigenvalue weighted by Gasteiger charge is 2.46. The highest BCUT2D eigenvalue weighted by molar-refractivity contribution is 5.69. The molecule has 0 N–H and O–H groups in total. The van der Waals surface area contributed by atoms with E-state index in [1.165, 1.54) is 0 Å². The Bertz CT molecular complexity index is 771. The van der Waals surface area contributed by atoms with Gasteiger partial charge in [-0.2, -0.15) is 0 Å². The maximum Gasteiger partial charge on any atom is 0.410 e. The van der Waals surface area contributed by atoms with Gasteiger partial charge in [0.2, 0.25) is 0 Å². The summed E-state index contributed by atoms with van der Waals surface area (Å²) in [6.45, 7) is 10.3. The first kappa shape index (κ1) is 21.9. The summed E-state index contributed by atoms with van der Waals surface area (Å²) in [5.41, 5.74) is 0.560. The van der Waals surface area contributed by atoms with Crippen molar-refractivity contribution in [1.82, 2.24) is 14.7 Å². The van der Waals surface area contributed by atoms with Crippen molar-refractivity contribution in [3.8, 4) is 0 Å². The summed E-state index contributed by atoms with van der Waals surface area (Å²) in [5, 5.41) is 0. The zero-order valence-corrected chi connectivity index (χ0v) is 19.0. The quantitative estimate of drug-likeness (QED) is 0.730. The Hall–Kier alpha value is -2.28. The van der Waals surface area contributed by atoms with Crippen LogP contribution in [0.15, 0.2) is 30.3 Å². The standard InChI is InChI=1S/C24H35N3O4/c1-24(2,3)31-23(29)27-16-20-13-21(27)15-26(20)14-18-9-11-25(12-10-18)22(28)30-17-19-7-5-4-6-8-19/h4-8,18,20-21H,9-17H2,1-3H3/t20-,21-/m0/s1. The van der Waals surface area contributed by atoms with Crippen molar-refractivity contribution in [2.75, 3.05) is 32.7 Å². The number of hydrogen-bond donors (Lipinski definition) is 0. The van der Waals surface area contributed by atoms with Gasteiger partial charge in [0.15, 0.2) is 0 Å². The Balaban J connectivity index is 1.18. The predicted molar refractivity (Wildman–Crippen MR) is 118 cm³/mol. The number of amides is 2. The maximum absolute atomic E-state index is 12.4. The van der Waals surface area contributed by atoms with E-state index in [2.05, 4.69) is 4.90 Å². The van der Waals surface area contributed by atoms with Crippen LogP contribution < -0.4 is 0 Å². The highest BCUT2D eigenvalue weighted by Crippen LogP contribution is 2.33. The Morgan fingerprint density at radius 1 is 1.00 bits per heavy atom. The fourth-order valence-electron chi connectivity index (χ4n) is 4.96. The van der Waals surface area contributed by atoms with Gasteiger partial charge in [-0.05, 0) is 51.5 Å². The largest absolute Gasteiger partial charge is 0.445 e. The van der Waals surface area contributed by atoms with E-state index < -0.39 is 5.60 Å². The van der Waals surface area contributed by atoms with Crippen LogP contribution >= 0.6 is 0 Å². The van der Waals surface area contributed by atoms with Crippen LogP contribution in [0.2, 0.25) is 0 Å². The summed E-state index contributed by atoms with van der Waals surface area (Å²) < 4.78 is 11.0. The van der Waals surface area contributed by atoms with Crippen LogP contribution in [0.25, 0.3) is 0 Å². The van der Waals surface area contributed by atoms with Crippen molar-refractivity contribution >= 4 is 12.2 Å². The molecule has 3 saturated heterocycles. The van der Waals surface area contributed by atoms with Crippen LogP contribution in [-0.4, -0.2) is 77.3 Å². The zero-order valence-electron chi connectivity index (χ0n) is 19.0. The average Bonchev–Trinajstić information content (AvgIpc) is 3.33. The minimum atomic E-state index is -0.450. The highest BCUT2D eigenvalue weighted by atomic mass is 16.6. The van der Waals surface area contributed by atoms with Crippen molar-refractivity contribution in [2.24, 2.45) is 5.92 Å². The van der Waals surface area contributed by atoms with Crippen LogP contribution in [0.3, 0.4) is 0 Å². The van der Waals surface area contributed by atoms with Crippen LogP contribution in [0.4, 0.5) is 9.59 Å². The molecule has 170 valence electrons. The van der Waals surface area contributed by atoms with Gasteiger partial charge in [0, 0.05) is 44.8 Å². The second kappa shape index (κ2) is 9.07. The van der Waals surface area contributed by atoms with Gasteiger partial charge in [0.1, 0.15) is 12.2 Å². The molecule has 0 aliphatic carbocycles. The van der Waals surface area contributed by atoms with E-state index in [0.717, 1.165) is 57.5 Å². The molecule has 2 amide bonds.